The van der Waals surface area contributed by atoms with E-state index >= 15 is 0 Å². The minimum atomic E-state index is -0.802. The van der Waals surface area contributed by atoms with E-state index in [4.69, 9.17) is 9.47 Å². The summed E-state index contributed by atoms with van der Waals surface area (Å²) in [5.74, 6) is -0.730. The second-order valence-electron chi connectivity index (χ2n) is 6.98. The maximum absolute atomic E-state index is 12.5. The molecule has 2 atom stereocenters. The van der Waals surface area contributed by atoms with Crippen LogP contribution in [0.15, 0.2) is 24.3 Å². The Morgan fingerprint density at radius 1 is 1.30 bits per heavy atom. The lowest BCUT2D eigenvalue weighted by Gasteiger charge is -2.23. The van der Waals surface area contributed by atoms with E-state index in [9.17, 15) is 19.5 Å². The summed E-state index contributed by atoms with van der Waals surface area (Å²) in [6.45, 7) is 2.57. The molecule has 1 aromatic carbocycles. The summed E-state index contributed by atoms with van der Waals surface area (Å²) in [4.78, 5) is 37.1. The molecule has 1 aliphatic heterocycles. The maximum atomic E-state index is 12.5. The Kier molecular flexibility index (Phi) is 5.53. The zero-order valence-electron chi connectivity index (χ0n) is 15.3. The summed E-state index contributed by atoms with van der Waals surface area (Å²) in [5.41, 5.74) is -0.216. The highest BCUT2D eigenvalue weighted by molar-refractivity contribution is 5.90. The third-order valence-corrected chi connectivity index (χ3v) is 5.35. The predicted octanol–water partition coefficient (Wildman–Crippen LogP) is 2.35. The first-order chi connectivity index (χ1) is 12.9. The molecule has 2 aliphatic rings. The number of carbonyl (C=O) groups excluding carboxylic acids is 2. The van der Waals surface area contributed by atoms with E-state index in [1.807, 2.05) is 0 Å². The van der Waals surface area contributed by atoms with Crippen LogP contribution in [0.25, 0.3) is 0 Å². The van der Waals surface area contributed by atoms with Gasteiger partial charge in [0.05, 0.1) is 12.0 Å². The number of carboxylic acid groups (broad SMARTS) is 1. The van der Waals surface area contributed by atoms with Crippen molar-refractivity contribution in [1.82, 2.24) is 4.90 Å². The van der Waals surface area contributed by atoms with Gasteiger partial charge in [0.25, 0.3) is 0 Å². The van der Waals surface area contributed by atoms with Crippen molar-refractivity contribution in [2.75, 3.05) is 31.6 Å². The number of nitrogens with one attached hydrogen (secondary N) is 1. The summed E-state index contributed by atoms with van der Waals surface area (Å²) < 4.78 is 10.1. The lowest BCUT2D eigenvalue weighted by atomic mass is 9.81. The van der Waals surface area contributed by atoms with E-state index in [2.05, 4.69) is 5.32 Å². The fraction of sp³-hybridized carbons (Fsp3) is 0.526. The second-order valence-corrected chi connectivity index (χ2v) is 6.98. The summed E-state index contributed by atoms with van der Waals surface area (Å²) in [5, 5.41) is 12.4. The van der Waals surface area contributed by atoms with Gasteiger partial charge in [0.15, 0.2) is 6.61 Å². The van der Waals surface area contributed by atoms with Crippen LogP contribution in [0.4, 0.5) is 10.5 Å². The number of urea groups is 1. The van der Waals surface area contributed by atoms with Crippen molar-refractivity contribution in [1.29, 1.82) is 0 Å². The number of anilines is 1. The molecule has 0 spiro atoms. The average Bonchev–Trinajstić information content (AvgIpc) is 3.20. The van der Waals surface area contributed by atoms with E-state index in [0.717, 1.165) is 12.8 Å². The molecule has 1 saturated heterocycles. The van der Waals surface area contributed by atoms with Crippen LogP contribution in [0.3, 0.4) is 0 Å². The van der Waals surface area contributed by atoms with Crippen LogP contribution in [-0.4, -0.2) is 54.3 Å². The average molecular weight is 376 g/mol. The molecule has 8 nitrogen and oxygen atoms in total. The summed E-state index contributed by atoms with van der Waals surface area (Å²) in [6, 6.07) is 6.33. The van der Waals surface area contributed by atoms with Gasteiger partial charge in [0, 0.05) is 18.8 Å². The fourth-order valence-electron chi connectivity index (χ4n) is 3.98. The number of nitrogens with zero attached hydrogens (tertiary/aromatic N) is 1. The van der Waals surface area contributed by atoms with Crippen LogP contribution in [-0.2, 0) is 14.3 Å². The summed E-state index contributed by atoms with van der Waals surface area (Å²) >= 11 is 0. The van der Waals surface area contributed by atoms with Gasteiger partial charge in [-0.15, -0.1) is 0 Å². The Morgan fingerprint density at radius 2 is 2.04 bits per heavy atom. The minimum absolute atomic E-state index is 0.0272. The maximum Gasteiger partial charge on any atom is 0.344 e. The van der Waals surface area contributed by atoms with Gasteiger partial charge in [-0.1, -0.05) is 6.42 Å². The van der Waals surface area contributed by atoms with Crippen molar-refractivity contribution >= 4 is 23.7 Å². The molecule has 1 aromatic rings. The molecule has 1 saturated carbocycles. The first-order valence-electron chi connectivity index (χ1n) is 9.12. The number of carbonyl (C=O) groups is 3. The number of amides is 2. The first-order valence-corrected chi connectivity index (χ1v) is 9.12. The highest BCUT2D eigenvalue weighted by atomic mass is 16.6. The first kappa shape index (κ1) is 19.0. The van der Waals surface area contributed by atoms with Gasteiger partial charge < -0.3 is 24.8 Å². The normalized spacial score (nSPS) is 23.6. The van der Waals surface area contributed by atoms with Crippen LogP contribution in [0, 0.1) is 11.3 Å². The minimum Gasteiger partial charge on any atom is -0.482 e. The highest BCUT2D eigenvalue weighted by Crippen LogP contribution is 2.48. The van der Waals surface area contributed by atoms with E-state index in [1.165, 1.54) is 0 Å². The molecule has 146 valence electrons. The number of likely N-dealkylation sites (tertiary alicyclic amines) is 1. The van der Waals surface area contributed by atoms with Crippen LogP contribution >= 0.6 is 0 Å². The van der Waals surface area contributed by atoms with E-state index in [0.29, 0.717) is 31.0 Å². The number of ether oxygens (including phenoxy) is 2. The smallest absolute Gasteiger partial charge is 0.344 e. The van der Waals surface area contributed by atoms with Crippen LogP contribution in [0.5, 0.6) is 5.75 Å². The number of hydrogen-bond donors (Lipinski definition) is 2. The number of carboxylic acids is 1. The molecule has 0 aromatic heterocycles. The Balaban J connectivity index is 1.54. The zero-order chi connectivity index (χ0) is 19.4. The SMILES string of the molecule is CCOC(=O)COc1ccc(NC(=O)N2C[C@@H]3CCC[C@@]3(C(=O)O)C2)cc1. The Bertz CT molecular complexity index is 719. The van der Waals surface area contributed by atoms with E-state index in [1.54, 1.807) is 36.1 Å². The molecular formula is C19H24N2O6. The third kappa shape index (κ3) is 3.99. The van der Waals surface area contributed by atoms with Crippen molar-refractivity contribution in [3.05, 3.63) is 24.3 Å². The number of fused-ring (bicyclic) bond motifs is 1. The lowest BCUT2D eigenvalue weighted by molar-refractivity contribution is -0.149. The van der Waals surface area contributed by atoms with Crippen molar-refractivity contribution in [2.45, 2.75) is 26.2 Å². The van der Waals surface area contributed by atoms with Gasteiger partial charge >= 0.3 is 18.0 Å². The van der Waals surface area contributed by atoms with Crippen molar-refractivity contribution in [3.63, 3.8) is 0 Å². The molecule has 0 bridgehead atoms. The summed E-state index contributed by atoms with van der Waals surface area (Å²) in [6.07, 6.45) is 2.38. The molecule has 2 N–H and O–H groups in total. The topological polar surface area (TPSA) is 105 Å². The van der Waals surface area contributed by atoms with Gasteiger partial charge in [-0.3, -0.25) is 4.79 Å². The van der Waals surface area contributed by atoms with Crippen molar-refractivity contribution < 1.29 is 29.0 Å². The number of esters is 1. The molecule has 3 rings (SSSR count). The third-order valence-electron chi connectivity index (χ3n) is 5.35. The number of benzene rings is 1. The predicted molar refractivity (Wildman–Crippen MR) is 96.6 cm³/mol. The molecule has 1 aliphatic carbocycles. The summed E-state index contributed by atoms with van der Waals surface area (Å²) in [7, 11) is 0. The van der Waals surface area contributed by atoms with Gasteiger partial charge in [-0.05, 0) is 49.9 Å². The monoisotopic (exact) mass is 376 g/mol. The Labute approximate surface area is 157 Å². The van der Waals surface area contributed by atoms with Gasteiger partial charge in [0.1, 0.15) is 5.75 Å². The van der Waals surface area contributed by atoms with Crippen molar-refractivity contribution in [2.24, 2.45) is 11.3 Å². The zero-order valence-corrected chi connectivity index (χ0v) is 15.3. The van der Waals surface area contributed by atoms with Crippen LogP contribution in [0.2, 0.25) is 0 Å². The van der Waals surface area contributed by atoms with Crippen LogP contribution in [0.1, 0.15) is 26.2 Å². The molecule has 27 heavy (non-hydrogen) atoms. The highest BCUT2D eigenvalue weighted by Gasteiger charge is 2.55. The molecule has 1 heterocycles. The second kappa shape index (κ2) is 7.85. The van der Waals surface area contributed by atoms with Gasteiger partial charge in [0.2, 0.25) is 0 Å². The van der Waals surface area contributed by atoms with Gasteiger partial charge in [-0.2, -0.15) is 0 Å². The standard InChI is InChI=1S/C19H24N2O6/c1-2-26-16(22)11-27-15-7-5-14(6-8-15)20-18(25)21-10-13-4-3-9-19(13,12-21)17(23)24/h5-8,13H,2-4,9-12H2,1H3,(H,20,25)(H,23,24)/t13-,19+/m0/s1. The molecule has 8 heteroatoms. The molecule has 2 amide bonds. The van der Waals surface area contributed by atoms with Crippen LogP contribution < -0.4 is 10.1 Å². The molecule has 2 fully saturated rings. The van der Waals surface area contributed by atoms with E-state index in [-0.39, 0.29) is 25.1 Å². The largest absolute Gasteiger partial charge is 0.482 e. The van der Waals surface area contributed by atoms with Crippen molar-refractivity contribution in [3.8, 4) is 5.75 Å². The lowest BCUT2D eigenvalue weighted by Crippen LogP contribution is -2.38. The Morgan fingerprint density at radius 3 is 2.67 bits per heavy atom. The Hall–Kier alpha value is -2.77. The van der Waals surface area contributed by atoms with E-state index < -0.39 is 17.4 Å². The quantitative estimate of drug-likeness (QED) is 0.739. The molecular weight excluding hydrogens is 352 g/mol. The number of aliphatic carboxylic acids is 1. The van der Waals surface area contributed by atoms with Gasteiger partial charge in [-0.25, -0.2) is 9.59 Å². The molecule has 0 unspecified atom stereocenters. The number of hydrogen-bond acceptors (Lipinski definition) is 5. The molecule has 0 radical (unpaired) electrons. The number of rotatable bonds is 6. The fourth-order valence-corrected chi connectivity index (χ4v) is 3.98.